The van der Waals surface area contributed by atoms with Gasteiger partial charge >= 0.3 is 0 Å². The first kappa shape index (κ1) is 15.5. The minimum absolute atomic E-state index is 0.186. The maximum Gasteiger partial charge on any atom is 0.123 e. The quantitative estimate of drug-likeness (QED) is 0.742. The van der Waals surface area contributed by atoms with Gasteiger partial charge in [-0.3, -0.25) is 0 Å². The zero-order valence-corrected chi connectivity index (χ0v) is 12.4. The first-order chi connectivity index (χ1) is 10.3. The Kier molecular flexibility index (Phi) is 6.22. The second-order valence-electron chi connectivity index (χ2n) is 5.01. The molecule has 1 N–H and O–H groups in total. The van der Waals surface area contributed by atoms with E-state index in [0.29, 0.717) is 0 Å². The SMILES string of the molecule is CCCOc1ccccc1CNCCc1ccc(F)cc1. The van der Waals surface area contributed by atoms with Gasteiger partial charge in [0.25, 0.3) is 0 Å². The van der Waals surface area contributed by atoms with Gasteiger partial charge < -0.3 is 10.1 Å². The summed E-state index contributed by atoms with van der Waals surface area (Å²) in [6.07, 6.45) is 1.89. The highest BCUT2D eigenvalue weighted by atomic mass is 19.1. The lowest BCUT2D eigenvalue weighted by Crippen LogP contribution is -2.17. The van der Waals surface area contributed by atoms with Crippen molar-refractivity contribution in [3.8, 4) is 5.75 Å². The number of rotatable bonds is 8. The van der Waals surface area contributed by atoms with E-state index in [4.69, 9.17) is 4.74 Å². The molecule has 3 heteroatoms. The fourth-order valence-corrected chi connectivity index (χ4v) is 2.11. The fourth-order valence-electron chi connectivity index (χ4n) is 2.11. The van der Waals surface area contributed by atoms with E-state index < -0.39 is 0 Å². The molecule has 2 aromatic rings. The van der Waals surface area contributed by atoms with Gasteiger partial charge in [0.05, 0.1) is 6.61 Å². The molecule has 0 amide bonds. The van der Waals surface area contributed by atoms with Gasteiger partial charge in [-0.1, -0.05) is 37.3 Å². The van der Waals surface area contributed by atoms with Crippen molar-refractivity contribution in [2.75, 3.05) is 13.2 Å². The summed E-state index contributed by atoms with van der Waals surface area (Å²) in [6.45, 7) is 4.48. The normalized spacial score (nSPS) is 10.6. The molecule has 0 heterocycles. The maximum atomic E-state index is 12.8. The van der Waals surface area contributed by atoms with Crippen molar-refractivity contribution < 1.29 is 9.13 Å². The molecule has 21 heavy (non-hydrogen) atoms. The molecule has 0 saturated carbocycles. The smallest absolute Gasteiger partial charge is 0.123 e. The highest BCUT2D eigenvalue weighted by Crippen LogP contribution is 2.17. The van der Waals surface area contributed by atoms with Crippen molar-refractivity contribution in [3.63, 3.8) is 0 Å². The standard InChI is InChI=1S/C18H22FNO/c1-2-13-21-18-6-4-3-5-16(18)14-20-12-11-15-7-9-17(19)10-8-15/h3-10,20H,2,11-14H2,1H3. The average Bonchev–Trinajstić information content (AvgIpc) is 2.52. The van der Waals surface area contributed by atoms with Crippen LogP contribution in [0.4, 0.5) is 4.39 Å². The van der Waals surface area contributed by atoms with Crippen LogP contribution < -0.4 is 10.1 Å². The van der Waals surface area contributed by atoms with Crippen molar-refractivity contribution in [2.24, 2.45) is 0 Å². The first-order valence-electron chi connectivity index (χ1n) is 7.45. The Bertz CT molecular complexity index is 539. The summed E-state index contributed by atoms with van der Waals surface area (Å²) in [5.74, 6) is 0.766. The highest BCUT2D eigenvalue weighted by molar-refractivity contribution is 5.33. The third-order valence-corrected chi connectivity index (χ3v) is 3.25. The predicted octanol–water partition coefficient (Wildman–Crippen LogP) is 3.95. The monoisotopic (exact) mass is 287 g/mol. The molecular formula is C18H22FNO. The van der Waals surface area contributed by atoms with Crippen LogP contribution in [0.15, 0.2) is 48.5 Å². The molecule has 0 aliphatic carbocycles. The number of ether oxygens (including phenoxy) is 1. The largest absolute Gasteiger partial charge is 0.493 e. The molecule has 0 saturated heterocycles. The van der Waals surface area contributed by atoms with Crippen molar-refractivity contribution >= 4 is 0 Å². The Morgan fingerprint density at radius 1 is 1.05 bits per heavy atom. The minimum atomic E-state index is -0.186. The Balaban J connectivity index is 1.79. The van der Waals surface area contributed by atoms with Crippen molar-refractivity contribution in [1.29, 1.82) is 0 Å². The van der Waals surface area contributed by atoms with Gasteiger partial charge in [-0.25, -0.2) is 4.39 Å². The summed E-state index contributed by atoms with van der Waals surface area (Å²) < 4.78 is 18.5. The van der Waals surface area contributed by atoms with Crippen LogP contribution in [0.5, 0.6) is 5.75 Å². The summed E-state index contributed by atoms with van der Waals surface area (Å²) in [5, 5.41) is 3.41. The van der Waals surface area contributed by atoms with Gasteiger partial charge in [0.2, 0.25) is 0 Å². The maximum absolute atomic E-state index is 12.8. The van der Waals surface area contributed by atoms with E-state index in [-0.39, 0.29) is 5.82 Å². The van der Waals surface area contributed by atoms with Gasteiger partial charge in [0.1, 0.15) is 11.6 Å². The summed E-state index contributed by atoms with van der Waals surface area (Å²) in [7, 11) is 0. The van der Waals surface area contributed by atoms with Crippen LogP contribution in [-0.4, -0.2) is 13.2 Å². The summed E-state index contributed by atoms with van der Waals surface area (Å²) >= 11 is 0. The molecule has 0 fully saturated rings. The van der Waals surface area contributed by atoms with Crippen molar-refractivity contribution in [1.82, 2.24) is 5.32 Å². The summed E-state index contributed by atoms with van der Waals surface area (Å²) in [6, 6.07) is 14.8. The van der Waals surface area contributed by atoms with E-state index in [9.17, 15) is 4.39 Å². The third-order valence-electron chi connectivity index (χ3n) is 3.25. The molecule has 0 bridgehead atoms. The Morgan fingerprint density at radius 3 is 2.57 bits per heavy atom. The Hall–Kier alpha value is -1.87. The van der Waals surface area contributed by atoms with Crippen molar-refractivity contribution in [2.45, 2.75) is 26.3 Å². The van der Waals surface area contributed by atoms with Gasteiger partial charge in [0.15, 0.2) is 0 Å². The highest BCUT2D eigenvalue weighted by Gasteiger charge is 2.02. The third kappa shape index (κ3) is 5.20. The molecular weight excluding hydrogens is 265 g/mol. The molecule has 2 aromatic carbocycles. The molecule has 0 aromatic heterocycles. The van der Waals surface area contributed by atoms with E-state index in [1.807, 2.05) is 30.3 Å². The number of para-hydroxylation sites is 1. The minimum Gasteiger partial charge on any atom is -0.493 e. The van der Waals surface area contributed by atoms with Crippen LogP contribution in [0.2, 0.25) is 0 Å². The number of hydrogen-bond acceptors (Lipinski definition) is 2. The van der Waals surface area contributed by atoms with E-state index in [1.165, 1.54) is 17.7 Å². The van der Waals surface area contributed by atoms with Crippen molar-refractivity contribution in [3.05, 3.63) is 65.5 Å². The molecule has 0 unspecified atom stereocenters. The van der Waals surface area contributed by atoms with E-state index in [0.717, 1.165) is 43.9 Å². The number of nitrogens with one attached hydrogen (secondary N) is 1. The second kappa shape index (κ2) is 8.42. The molecule has 0 spiro atoms. The van der Waals surface area contributed by atoms with Crippen LogP contribution in [0.1, 0.15) is 24.5 Å². The molecule has 2 rings (SSSR count). The van der Waals surface area contributed by atoms with Gasteiger partial charge in [-0.15, -0.1) is 0 Å². The second-order valence-corrected chi connectivity index (χ2v) is 5.01. The van der Waals surface area contributed by atoms with Crippen LogP contribution in [0.3, 0.4) is 0 Å². The molecule has 112 valence electrons. The lowest BCUT2D eigenvalue weighted by atomic mass is 10.1. The average molecular weight is 287 g/mol. The molecule has 0 radical (unpaired) electrons. The zero-order valence-electron chi connectivity index (χ0n) is 12.4. The zero-order chi connectivity index (χ0) is 14.9. The van der Waals surface area contributed by atoms with Crippen LogP contribution >= 0.6 is 0 Å². The summed E-state index contributed by atoms with van der Waals surface area (Å²) in [5.41, 5.74) is 2.31. The first-order valence-corrected chi connectivity index (χ1v) is 7.45. The summed E-state index contributed by atoms with van der Waals surface area (Å²) in [4.78, 5) is 0. The van der Waals surface area contributed by atoms with Crippen LogP contribution in [-0.2, 0) is 13.0 Å². The number of benzene rings is 2. The van der Waals surface area contributed by atoms with E-state index in [2.05, 4.69) is 18.3 Å². The van der Waals surface area contributed by atoms with Crippen LogP contribution in [0, 0.1) is 5.82 Å². The Morgan fingerprint density at radius 2 is 1.81 bits per heavy atom. The van der Waals surface area contributed by atoms with E-state index >= 15 is 0 Å². The molecule has 0 aliphatic heterocycles. The van der Waals surface area contributed by atoms with Gasteiger partial charge in [0, 0.05) is 12.1 Å². The predicted molar refractivity (Wildman–Crippen MR) is 84.0 cm³/mol. The molecule has 0 aliphatic rings. The van der Waals surface area contributed by atoms with Gasteiger partial charge in [-0.2, -0.15) is 0 Å². The van der Waals surface area contributed by atoms with E-state index in [1.54, 1.807) is 0 Å². The fraction of sp³-hybridized carbons (Fsp3) is 0.333. The lowest BCUT2D eigenvalue weighted by Gasteiger charge is -2.11. The van der Waals surface area contributed by atoms with Gasteiger partial charge in [-0.05, 0) is 43.1 Å². The lowest BCUT2D eigenvalue weighted by molar-refractivity contribution is 0.313. The molecule has 0 atom stereocenters. The number of halogens is 1. The molecule has 2 nitrogen and oxygen atoms in total. The van der Waals surface area contributed by atoms with Crippen LogP contribution in [0.25, 0.3) is 0 Å². The Labute approximate surface area is 126 Å². The number of hydrogen-bond donors (Lipinski definition) is 1. The topological polar surface area (TPSA) is 21.3 Å².